The van der Waals surface area contributed by atoms with Crippen LogP contribution in [0.2, 0.25) is 0 Å². The molecule has 1 aliphatic heterocycles. The van der Waals surface area contributed by atoms with E-state index in [2.05, 4.69) is 16.0 Å². The minimum Gasteiger partial charge on any atom is -0.481 e. The lowest BCUT2D eigenvalue weighted by molar-refractivity contribution is -0.150. The van der Waals surface area contributed by atoms with Crippen LogP contribution in [0.25, 0.3) is 0 Å². The van der Waals surface area contributed by atoms with Crippen LogP contribution in [0.5, 0.6) is 11.8 Å². The van der Waals surface area contributed by atoms with E-state index in [1.807, 2.05) is 6.20 Å². The molecule has 0 radical (unpaired) electrons. The normalized spacial score (nSPS) is 16.5. The number of nitrogens with zero attached hydrogens (tertiary/aromatic N) is 3. The standard InChI is InChI=1S/C25H29N3O6S/c29-20(30)3-1-2-4-21(31)33-14-34-24-18-10-12-32-23(18)27-25(28-24)35-13-19-17(15-5-6-15)9-11-26-22(19)16-7-8-16/h9,11,15-16H,1-8,10,12-14H2,(H,29,30). The van der Waals surface area contributed by atoms with E-state index in [1.54, 1.807) is 11.8 Å². The smallest absolute Gasteiger partial charge is 0.308 e. The quantitative estimate of drug-likeness (QED) is 0.140. The summed E-state index contributed by atoms with van der Waals surface area (Å²) in [6.07, 6.45) is 8.58. The number of carboxylic acid groups (broad SMARTS) is 1. The molecule has 2 aliphatic carbocycles. The van der Waals surface area contributed by atoms with Crippen LogP contribution in [0.1, 0.15) is 85.6 Å². The van der Waals surface area contributed by atoms with Gasteiger partial charge in [-0.1, -0.05) is 11.8 Å². The number of esters is 1. The molecular formula is C25H29N3O6S. The Hall–Kier alpha value is -2.88. The Morgan fingerprint density at radius 1 is 1.11 bits per heavy atom. The topological polar surface area (TPSA) is 121 Å². The van der Waals surface area contributed by atoms with E-state index >= 15 is 0 Å². The van der Waals surface area contributed by atoms with Crippen molar-refractivity contribution in [1.29, 1.82) is 0 Å². The second kappa shape index (κ2) is 10.8. The number of carbonyl (C=O) groups excluding carboxylic acids is 1. The Bertz CT molecular complexity index is 1070. The van der Waals surface area contributed by atoms with Gasteiger partial charge in [-0.15, -0.1) is 0 Å². The Morgan fingerprint density at radius 3 is 2.69 bits per heavy atom. The summed E-state index contributed by atoms with van der Waals surface area (Å²) in [5, 5.41) is 9.23. The molecule has 0 spiro atoms. The molecule has 0 bridgehead atoms. The average molecular weight is 500 g/mol. The maximum absolute atomic E-state index is 11.9. The predicted molar refractivity (Wildman–Crippen MR) is 127 cm³/mol. The van der Waals surface area contributed by atoms with Crippen LogP contribution < -0.4 is 9.47 Å². The lowest BCUT2D eigenvalue weighted by atomic mass is 10.0. The molecule has 10 heteroatoms. The fourth-order valence-corrected chi connectivity index (χ4v) is 5.15. The maximum atomic E-state index is 11.9. The lowest BCUT2D eigenvalue weighted by Gasteiger charge is -2.14. The number of thioether (sulfide) groups is 1. The monoisotopic (exact) mass is 499 g/mol. The molecule has 2 fully saturated rings. The van der Waals surface area contributed by atoms with Gasteiger partial charge in [0.25, 0.3) is 0 Å². The highest BCUT2D eigenvalue weighted by Gasteiger charge is 2.33. The van der Waals surface area contributed by atoms with Gasteiger partial charge in [0, 0.05) is 42.8 Å². The number of unbranched alkanes of at least 4 members (excludes halogenated alkanes) is 1. The highest BCUT2D eigenvalue weighted by atomic mass is 32.2. The fraction of sp³-hybridized carbons (Fsp3) is 0.560. The van der Waals surface area contributed by atoms with E-state index in [0.717, 1.165) is 11.3 Å². The molecule has 0 unspecified atom stereocenters. The average Bonchev–Trinajstić information content (AvgIpc) is 3.78. The zero-order chi connectivity index (χ0) is 24.2. The van der Waals surface area contributed by atoms with Crippen LogP contribution in [0.4, 0.5) is 0 Å². The Labute approximate surface area is 208 Å². The zero-order valence-corrected chi connectivity index (χ0v) is 20.3. The number of fused-ring (bicyclic) bond motifs is 1. The SMILES string of the molecule is O=C(O)CCCCC(=O)OCOc1nc(SCc2c(C3CC3)ccnc2C2CC2)nc2c1CCO2. The van der Waals surface area contributed by atoms with Crippen molar-refractivity contribution in [1.82, 2.24) is 15.0 Å². The summed E-state index contributed by atoms with van der Waals surface area (Å²) in [6.45, 7) is 0.254. The maximum Gasteiger partial charge on any atom is 0.308 e. The molecule has 0 atom stereocenters. The number of aliphatic carboxylic acids is 1. The first kappa shape index (κ1) is 23.8. The van der Waals surface area contributed by atoms with Crippen LogP contribution in [0.15, 0.2) is 17.4 Å². The summed E-state index contributed by atoms with van der Waals surface area (Å²) in [5.74, 6) is 1.57. The molecule has 186 valence electrons. The van der Waals surface area contributed by atoms with E-state index in [4.69, 9.17) is 24.3 Å². The van der Waals surface area contributed by atoms with Crippen molar-refractivity contribution in [3.05, 3.63) is 34.6 Å². The van der Waals surface area contributed by atoms with Gasteiger partial charge in [0.15, 0.2) is 5.16 Å². The summed E-state index contributed by atoms with van der Waals surface area (Å²) in [7, 11) is 0. The third kappa shape index (κ3) is 6.22. The van der Waals surface area contributed by atoms with Gasteiger partial charge in [-0.05, 0) is 61.6 Å². The fourth-order valence-electron chi connectivity index (χ4n) is 4.26. The molecule has 3 aliphatic rings. The molecule has 0 saturated heterocycles. The molecule has 2 saturated carbocycles. The van der Waals surface area contributed by atoms with Gasteiger partial charge in [-0.25, -0.2) is 0 Å². The zero-order valence-electron chi connectivity index (χ0n) is 19.5. The van der Waals surface area contributed by atoms with Crippen LogP contribution in [0, 0.1) is 0 Å². The predicted octanol–water partition coefficient (Wildman–Crippen LogP) is 4.38. The van der Waals surface area contributed by atoms with E-state index in [0.29, 0.717) is 54.6 Å². The minimum absolute atomic E-state index is 0.0423. The van der Waals surface area contributed by atoms with Gasteiger partial charge in [0.2, 0.25) is 18.6 Å². The highest BCUT2D eigenvalue weighted by molar-refractivity contribution is 7.98. The minimum atomic E-state index is -0.869. The molecule has 3 heterocycles. The van der Waals surface area contributed by atoms with Crippen LogP contribution in [0.3, 0.4) is 0 Å². The van der Waals surface area contributed by atoms with Crippen molar-refractivity contribution in [2.24, 2.45) is 0 Å². The number of hydrogen-bond donors (Lipinski definition) is 1. The first-order chi connectivity index (χ1) is 17.1. The van der Waals surface area contributed by atoms with Gasteiger partial charge < -0.3 is 19.3 Å². The van der Waals surface area contributed by atoms with Crippen molar-refractivity contribution in [2.45, 2.75) is 80.5 Å². The summed E-state index contributed by atoms with van der Waals surface area (Å²) in [5.41, 5.74) is 4.75. The number of carboxylic acids is 1. The number of rotatable bonds is 13. The van der Waals surface area contributed by atoms with Gasteiger partial charge in [0.05, 0.1) is 12.2 Å². The molecular weight excluding hydrogens is 470 g/mol. The van der Waals surface area contributed by atoms with Crippen LogP contribution in [-0.2, 0) is 26.5 Å². The highest BCUT2D eigenvalue weighted by Crippen LogP contribution is 2.48. The van der Waals surface area contributed by atoms with Crippen molar-refractivity contribution in [3.8, 4) is 11.8 Å². The first-order valence-electron chi connectivity index (χ1n) is 12.2. The summed E-state index contributed by atoms with van der Waals surface area (Å²) < 4.78 is 16.5. The summed E-state index contributed by atoms with van der Waals surface area (Å²) >= 11 is 1.55. The van der Waals surface area contributed by atoms with Crippen molar-refractivity contribution in [3.63, 3.8) is 0 Å². The molecule has 0 amide bonds. The Kier molecular flexibility index (Phi) is 7.36. The number of pyridine rings is 1. The molecule has 1 N–H and O–H groups in total. The summed E-state index contributed by atoms with van der Waals surface area (Å²) in [6, 6.07) is 2.16. The van der Waals surface area contributed by atoms with Crippen molar-refractivity contribution >= 4 is 23.7 Å². The Balaban J connectivity index is 1.21. The van der Waals surface area contributed by atoms with Crippen LogP contribution in [-0.4, -0.2) is 45.4 Å². The molecule has 35 heavy (non-hydrogen) atoms. The number of carbonyl (C=O) groups is 2. The Morgan fingerprint density at radius 2 is 1.91 bits per heavy atom. The van der Waals surface area contributed by atoms with Crippen molar-refractivity contribution in [2.75, 3.05) is 13.4 Å². The number of hydrogen-bond acceptors (Lipinski definition) is 9. The molecule has 5 rings (SSSR count). The van der Waals surface area contributed by atoms with Gasteiger partial charge in [0.1, 0.15) is 0 Å². The van der Waals surface area contributed by atoms with Gasteiger partial charge in [-0.2, -0.15) is 9.97 Å². The van der Waals surface area contributed by atoms with E-state index in [9.17, 15) is 9.59 Å². The van der Waals surface area contributed by atoms with Crippen LogP contribution >= 0.6 is 11.8 Å². The molecule has 9 nitrogen and oxygen atoms in total. The lowest BCUT2D eigenvalue weighted by Crippen LogP contribution is -2.12. The van der Waals surface area contributed by atoms with Gasteiger partial charge in [-0.3, -0.25) is 14.6 Å². The molecule has 2 aromatic rings. The van der Waals surface area contributed by atoms with E-state index in [1.165, 1.54) is 42.5 Å². The van der Waals surface area contributed by atoms with E-state index in [-0.39, 0.29) is 19.6 Å². The summed E-state index contributed by atoms with van der Waals surface area (Å²) in [4.78, 5) is 36.4. The molecule has 2 aromatic heterocycles. The van der Waals surface area contributed by atoms with E-state index < -0.39 is 11.9 Å². The number of ether oxygens (including phenoxy) is 3. The second-order valence-electron chi connectivity index (χ2n) is 9.17. The second-order valence-corrected chi connectivity index (χ2v) is 10.1. The molecule has 0 aromatic carbocycles. The largest absolute Gasteiger partial charge is 0.481 e. The third-order valence-electron chi connectivity index (χ3n) is 6.39. The van der Waals surface area contributed by atoms with Crippen molar-refractivity contribution < 1.29 is 28.9 Å². The number of aromatic nitrogens is 3. The van der Waals surface area contributed by atoms with Gasteiger partial charge >= 0.3 is 11.9 Å². The third-order valence-corrected chi connectivity index (χ3v) is 7.26. The first-order valence-corrected chi connectivity index (χ1v) is 13.2.